The molecule has 1 aromatic heterocycles. The van der Waals surface area contributed by atoms with Gasteiger partial charge in [-0.25, -0.2) is 0 Å². The topological polar surface area (TPSA) is 103 Å². The lowest BCUT2D eigenvalue weighted by Crippen LogP contribution is -2.28. The number of hydrogen-bond donors (Lipinski definition) is 1. The number of nitrogens with zero attached hydrogens (tertiary/aromatic N) is 3. The Morgan fingerprint density at radius 1 is 1.06 bits per heavy atom. The first-order valence-corrected chi connectivity index (χ1v) is 12.0. The predicted octanol–water partition coefficient (Wildman–Crippen LogP) is 4.35. The lowest BCUT2D eigenvalue weighted by molar-refractivity contribution is -0.122. The Hall–Kier alpha value is -3.66. The quantitative estimate of drug-likeness (QED) is 0.495. The van der Waals surface area contributed by atoms with Crippen LogP contribution in [0, 0.1) is 5.92 Å². The van der Waals surface area contributed by atoms with Gasteiger partial charge in [-0.15, -0.1) is 10.2 Å². The second kappa shape index (κ2) is 10.3. The molecule has 0 spiro atoms. The zero-order valence-electron chi connectivity index (χ0n) is 20.3. The van der Waals surface area contributed by atoms with Crippen molar-refractivity contribution in [3.05, 3.63) is 42.0 Å². The second-order valence-electron chi connectivity index (χ2n) is 8.47. The van der Waals surface area contributed by atoms with Crippen LogP contribution in [-0.4, -0.2) is 49.9 Å². The Bertz CT molecular complexity index is 1200. The number of hydrogen-bond acceptors (Lipinski definition) is 8. The van der Waals surface area contributed by atoms with E-state index in [4.69, 9.17) is 14.2 Å². The van der Waals surface area contributed by atoms with Crippen molar-refractivity contribution in [3.63, 3.8) is 0 Å². The number of aromatic nitrogens is 2. The number of rotatable bonds is 8. The van der Waals surface area contributed by atoms with Gasteiger partial charge in [0.2, 0.25) is 22.7 Å². The van der Waals surface area contributed by atoms with E-state index in [2.05, 4.69) is 41.5 Å². The Morgan fingerprint density at radius 2 is 1.71 bits per heavy atom. The normalized spacial score (nSPS) is 15.4. The highest BCUT2D eigenvalue weighted by Gasteiger charge is 2.36. The highest BCUT2D eigenvalue weighted by atomic mass is 32.1. The number of ether oxygens (including phenoxy) is 3. The van der Waals surface area contributed by atoms with Crippen LogP contribution in [0.25, 0.3) is 10.6 Å². The maximum atomic E-state index is 12.9. The SMILES string of the molecule is COc1cc(N2CC(C(=O)Nc3nnc(-c4ccc(C(C)C)cc4)s3)CC2=O)cc(OC)c1OC. The second-order valence-corrected chi connectivity index (χ2v) is 9.44. The summed E-state index contributed by atoms with van der Waals surface area (Å²) in [5, 5.41) is 12.3. The molecule has 184 valence electrons. The van der Waals surface area contributed by atoms with Gasteiger partial charge in [0.15, 0.2) is 11.5 Å². The van der Waals surface area contributed by atoms with Gasteiger partial charge in [-0.1, -0.05) is 49.4 Å². The van der Waals surface area contributed by atoms with E-state index in [9.17, 15) is 9.59 Å². The standard InChI is InChI=1S/C25H28N4O5S/c1-14(2)15-6-8-16(9-7-15)24-27-28-25(35-24)26-23(31)17-10-21(30)29(13-17)18-11-19(32-3)22(34-5)20(12-18)33-4/h6-9,11-12,14,17H,10,13H2,1-5H3,(H,26,28,31). The summed E-state index contributed by atoms with van der Waals surface area (Å²) in [6.07, 6.45) is 0.0881. The molecule has 9 nitrogen and oxygen atoms in total. The van der Waals surface area contributed by atoms with Gasteiger partial charge >= 0.3 is 0 Å². The molecule has 2 aromatic carbocycles. The minimum absolute atomic E-state index is 0.0881. The van der Waals surface area contributed by atoms with E-state index in [1.165, 1.54) is 38.2 Å². The molecule has 1 N–H and O–H groups in total. The van der Waals surface area contributed by atoms with Crippen LogP contribution in [0.4, 0.5) is 10.8 Å². The predicted molar refractivity (Wildman–Crippen MR) is 135 cm³/mol. The van der Waals surface area contributed by atoms with Crippen LogP contribution in [0.2, 0.25) is 0 Å². The molecule has 1 aliphatic heterocycles. The lowest BCUT2D eigenvalue weighted by atomic mass is 10.0. The minimum atomic E-state index is -0.528. The highest BCUT2D eigenvalue weighted by molar-refractivity contribution is 7.18. The Labute approximate surface area is 208 Å². The molecule has 4 rings (SSSR count). The number of benzene rings is 2. The number of anilines is 2. The first-order valence-electron chi connectivity index (χ1n) is 11.2. The highest BCUT2D eigenvalue weighted by Crippen LogP contribution is 2.42. The molecule has 0 saturated carbocycles. The number of amides is 2. The van der Waals surface area contributed by atoms with Crippen LogP contribution in [0.1, 0.15) is 31.7 Å². The summed E-state index contributed by atoms with van der Waals surface area (Å²) in [5.41, 5.74) is 2.76. The molecule has 1 fully saturated rings. The van der Waals surface area contributed by atoms with Crippen molar-refractivity contribution in [2.45, 2.75) is 26.2 Å². The van der Waals surface area contributed by atoms with E-state index in [-0.39, 0.29) is 24.8 Å². The van der Waals surface area contributed by atoms with Crippen LogP contribution in [0.3, 0.4) is 0 Å². The van der Waals surface area contributed by atoms with Gasteiger partial charge in [0.25, 0.3) is 0 Å². The third-order valence-electron chi connectivity index (χ3n) is 5.94. The average molecular weight is 497 g/mol. The van der Waals surface area contributed by atoms with Crippen LogP contribution in [0.15, 0.2) is 36.4 Å². The molecule has 1 atom stereocenters. The Kier molecular flexibility index (Phi) is 7.20. The summed E-state index contributed by atoms with van der Waals surface area (Å²) in [7, 11) is 4.54. The van der Waals surface area contributed by atoms with Crippen molar-refractivity contribution in [2.75, 3.05) is 38.1 Å². The number of nitrogens with one attached hydrogen (secondary N) is 1. The van der Waals surface area contributed by atoms with Crippen LogP contribution in [-0.2, 0) is 9.59 Å². The molecular formula is C25H28N4O5S. The molecule has 0 bridgehead atoms. The molecule has 1 aliphatic rings. The van der Waals surface area contributed by atoms with Crippen LogP contribution in [0.5, 0.6) is 17.2 Å². The minimum Gasteiger partial charge on any atom is -0.493 e. The van der Waals surface area contributed by atoms with Crippen molar-refractivity contribution in [1.82, 2.24) is 10.2 Å². The van der Waals surface area contributed by atoms with Crippen LogP contribution >= 0.6 is 11.3 Å². The first kappa shape index (κ1) is 24.5. The summed E-state index contributed by atoms with van der Waals surface area (Å²) in [6.45, 7) is 4.51. The van der Waals surface area contributed by atoms with Gasteiger partial charge in [0.1, 0.15) is 5.01 Å². The molecule has 0 radical (unpaired) electrons. The zero-order chi connectivity index (χ0) is 25.1. The average Bonchev–Trinajstić information content (AvgIpc) is 3.49. The molecule has 1 unspecified atom stereocenters. The van der Waals surface area contributed by atoms with Crippen molar-refractivity contribution in [2.24, 2.45) is 5.92 Å². The summed E-state index contributed by atoms with van der Waals surface area (Å²) in [4.78, 5) is 27.2. The van der Waals surface area contributed by atoms with Crippen molar-refractivity contribution < 1.29 is 23.8 Å². The van der Waals surface area contributed by atoms with E-state index >= 15 is 0 Å². The molecule has 3 aromatic rings. The third-order valence-corrected chi connectivity index (χ3v) is 6.82. The van der Waals surface area contributed by atoms with Crippen molar-refractivity contribution in [1.29, 1.82) is 0 Å². The molecule has 0 aliphatic carbocycles. The lowest BCUT2D eigenvalue weighted by Gasteiger charge is -2.20. The van der Waals surface area contributed by atoms with E-state index in [0.717, 1.165) is 10.6 Å². The van der Waals surface area contributed by atoms with Gasteiger partial charge < -0.3 is 24.4 Å². The van der Waals surface area contributed by atoms with E-state index in [0.29, 0.717) is 34.0 Å². The molecule has 1 saturated heterocycles. The van der Waals surface area contributed by atoms with Crippen LogP contribution < -0.4 is 24.4 Å². The van der Waals surface area contributed by atoms with E-state index in [1.807, 2.05) is 12.1 Å². The van der Waals surface area contributed by atoms with Gasteiger partial charge in [0.05, 0.1) is 32.9 Å². The monoisotopic (exact) mass is 496 g/mol. The molecule has 10 heteroatoms. The first-order chi connectivity index (χ1) is 16.8. The summed E-state index contributed by atoms with van der Waals surface area (Å²) in [6, 6.07) is 11.5. The number of methoxy groups -OCH3 is 3. The fraction of sp³-hybridized carbons (Fsp3) is 0.360. The maximum absolute atomic E-state index is 12.9. The van der Waals surface area contributed by atoms with Gasteiger partial charge in [0, 0.05) is 30.7 Å². The molecule has 2 amide bonds. The summed E-state index contributed by atoms with van der Waals surface area (Å²) >= 11 is 1.30. The van der Waals surface area contributed by atoms with Gasteiger partial charge in [-0.05, 0) is 11.5 Å². The largest absolute Gasteiger partial charge is 0.493 e. The summed E-state index contributed by atoms with van der Waals surface area (Å²) < 4.78 is 16.1. The summed E-state index contributed by atoms with van der Waals surface area (Å²) in [5.74, 6) is 0.788. The zero-order valence-corrected chi connectivity index (χ0v) is 21.1. The fourth-order valence-electron chi connectivity index (χ4n) is 3.96. The molecule has 35 heavy (non-hydrogen) atoms. The molecule has 2 heterocycles. The Morgan fingerprint density at radius 3 is 2.29 bits per heavy atom. The van der Waals surface area contributed by atoms with Gasteiger partial charge in [-0.3, -0.25) is 9.59 Å². The van der Waals surface area contributed by atoms with Crippen molar-refractivity contribution in [3.8, 4) is 27.8 Å². The fourth-order valence-corrected chi connectivity index (χ4v) is 4.72. The van der Waals surface area contributed by atoms with Crippen molar-refractivity contribution >= 4 is 34.0 Å². The van der Waals surface area contributed by atoms with E-state index < -0.39 is 5.92 Å². The number of carbonyl (C=O) groups is 2. The molecular weight excluding hydrogens is 468 g/mol. The smallest absolute Gasteiger partial charge is 0.231 e. The van der Waals surface area contributed by atoms with E-state index in [1.54, 1.807) is 17.0 Å². The Balaban J connectivity index is 1.45. The van der Waals surface area contributed by atoms with Gasteiger partial charge in [-0.2, -0.15) is 0 Å². The maximum Gasteiger partial charge on any atom is 0.231 e. The number of carbonyl (C=O) groups excluding carboxylic acids is 2. The third kappa shape index (κ3) is 5.07.